The first kappa shape index (κ1) is 15.6. The number of nitrogens with one attached hydrogen (secondary N) is 1. The third-order valence-electron chi connectivity index (χ3n) is 3.24. The smallest absolute Gasteiger partial charge is 0.240 e. The predicted molar refractivity (Wildman–Crippen MR) is 84.3 cm³/mol. The fourth-order valence-electron chi connectivity index (χ4n) is 1.77. The van der Waals surface area contributed by atoms with E-state index in [9.17, 15) is 8.42 Å². The monoisotopic (exact) mass is 324 g/mol. The Hall–Kier alpha value is -1.77. The standard InChI is InChI=1S/C13H16N4O2S2/c1-9-11(7-15-17(9)2)8-16-21(18,19)12-5-3-10(4-6-12)13(14)20/h3-7,16H,8H2,1-2H3,(H2,14,20). The molecule has 0 spiro atoms. The molecule has 0 aliphatic carbocycles. The lowest BCUT2D eigenvalue weighted by atomic mass is 10.2. The zero-order valence-electron chi connectivity index (χ0n) is 11.7. The first-order chi connectivity index (χ1) is 9.81. The van der Waals surface area contributed by atoms with E-state index in [-0.39, 0.29) is 16.4 Å². The summed E-state index contributed by atoms with van der Waals surface area (Å²) < 4.78 is 28.6. The van der Waals surface area contributed by atoms with Gasteiger partial charge in [0.25, 0.3) is 0 Å². The Morgan fingerprint density at radius 1 is 1.38 bits per heavy atom. The average Bonchev–Trinajstić information content (AvgIpc) is 2.77. The number of thiocarbonyl (C=S) groups is 1. The summed E-state index contributed by atoms with van der Waals surface area (Å²) in [7, 11) is -1.77. The van der Waals surface area contributed by atoms with Crippen LogP contribution >= 0.6 is 12.2 Å². The second-order valence-electron chi connectivity index (χ2n) is 4.59. The van der Waals surface area contributed by atoms with Crippen LogP contribution in [0.4, 0.5) is 0 Å². The minimum absolute atomic E-state index is 0.170. The normalized spacial score (nSPS) is 11.5. The zero-order valence-corrected chi connectivity index (χ0v) is 13.3. The number of aryl methyl sites for hydroxylation is 1. The molecule has 0 atom stereocenters. The fourth-order valence-corrected chi connectivity index (χ4v) is 2.91. The van der Waals surface area contributed by atoms with Crippen LogP contribution in [0.3, 0.4) is 0 Å². The van der Waals surface area contributed by atoms with Crippen LogP contribution in [0.25, 0.3) is 0 Å². The molecule has 0 saturated heterocycles. The van der Waals surface area contributed by atoms with Gasteiger partial charge in [0.1, 0.15) is 4.99 Å². The third kappa shape index (κ3) is 3.46. The molecule has 6 nitrogen and oxygen atoms in total. The molecule has 8 heteroatoms. The second-order valence-corrected chi connectivity index (χ2v) is 6.80. The SMILES string of the molecule is Cc1c(CNS(=O)(=O)c2ccc(C(N)=S)cc2)cnn1C. The third-order valence-corrected chi connectivity index (χ3v) is 4.89. The topological polar surface area (TPSA) is 90.0 Å². The number of sulfonamides is 1. The molecule has 0 fully saturated rings. The highest BCUT2D eigenvalue weighted by molar-refractivity contribution is 7.89. The Balaban J connectivity index is 2.15. The van der Waals surface area contributed by atoms with Gasteiger partial charge in [-0.1, -0.05) is 24.4 Å². The van der Waals surface area contributed by atoms with Crippen molar-refractivity contribution in [3.8, 4) is 0 Å². The van der Waals surface area contributed by atoms with Gasteiger partial charge < -0.3 is 5.73 Å². The van der Waals surface area contributed by atoms with Crippen LogP contribution in [0.1, 0.15) is 16.8 Å². The maximum Gasteiger partial charge on any atom is 0.240 e. The number of hydrogen-bond acceptors (Lipinski definition) is 4. The number of nitrogens with two attached hydrogens (primary N) is 1. The molecular formula is C13H16N4O2S2. The highest BCUT2D eigenvalue weighted by Gasteiger charge is 2.15. The van der Waals surface area contributed by atoms with Gasteiger partial charge in [-0.2, -0.15) is 5.10 Å². The number of rotatable bonds is 5. The van der Waals surface area contributed by atoms with E-state index in [1.165, 1.54) is 12.1 Å². The van der Waals surface area contributed by atoms with Gasteiger partial charge in [0, 0.05) is 30.4 Å². The van der Waals surface area contributed by atoms with Gasteiger partial charge in [-0.05, 0) is 19.1 Å². The zero-order chi connectivity index (χ0) is 15.6. The first-order valence-corrected chi connectivity index (χ1v) is 8.07. The maximum atomic E-state index is 12.2. The van der Waals surface area contributed by atoms with Crippen LogP contribution in [0, 0.1) is 6.92 Å². The number of nitrogens with zero attached hydrogens (tertiary/aromatic N) is 2. The Morgan fingerprint density at radius 2 is 2.00 bits per heavy atom. The molecule has 3 N–H and O–H groups in total. The molecule has 0 unspecified atom stereocenters. The minimum Gasteiger partial charge on any atom is -0.389 e. The largest absolute Gasteiger partial charge is 0.389 e. The van der Waals surface area contributed by atoms with Crippen molar-refractivity contribution in [1.82, 2.24) is 14.5 Å². The summed E-state index contributed by atoms with van der Waals surface area (Å²) in [6.07, 6.45) is 1.65. The van der Waals surface area contributed by atoms with Crippen LogP contribution < -0.4 is 10.5 Å². The summed E-state index contributed by atoms with van der Waals surface area (Å²) in [5, 5.41) is 4.07. The van der Waals surface area contributed by atoms with Gasteiger partial charge in [-0.25, -0.2) is 13.1 Å². The molecule has 0 radical (unpaired) electrons. The van der Waals surface area contributed by atoms with E-state index in [2.05, 4.69) is 9.82 Å². The molecular weight excluding hydrogens is 308 g/mol. The predicted octanol–water partition coefficient (Wildman–Crippen LogP) is 0.841. The highest BCUT2D eigenvalue weighted by atomic mass is 32.2. The molecule has 2 rings (SSSR count). The summed E-state index contributed by atoms with van der Waals surface area (Å²) >= 11 is 4.83. The summed E-state index contributed by atoms with van der Waals surface area (Å²) in [5.41, 5.74) is 7.87. The lowest BCUT2D eigenvalue weighted by Crippen LogP contribution is -2.23. The van der Waals surface area contributed by atoms with E-state index < -0.39 is 10.0 Å². The van der Waals surface area contributed by atoms with Crippen molar-refractivity contribution in [2.24, 2.45) is 12.8 Å². The molecule has 0 aliphatic heterocycles. The van der Waals surface area contributed by atoms with Gasteiger partial charge >= 0.3 is 0 Å². The molecule has 0 bridgehead atoms. The Morgan fingerprint density at radius 3 is 2.48 bits per heavy atom. The van der Waals surface area contributed by atoms with Crippen LogP contribution in [0.15, 0.2) is 35.4 Å². The summed E-state index contributed by atoms with van der Waals surface area (Å²) in [5.74, 6) is 0. The lowest BCUT2D eigenvalue weighted by molar-refractivity contribution is 0.581. The van der Waals surface area contributed by atoms with Crippen LogP contribution in [-0.2, 0) is 23.6 Å². The summed E-state index contributed by atoms with van der Waals surface area (Å²) in [6.45, 7) is 2.08. The van der Waals surface area contributed by atoms with E-state index in [1.54, 1.807) is 23.0 Å². The Labute approximate surface area is 129 Å². The lowest BCUT2D eigenvalue weighted by Gasteiger charge is -2.07. The molecule has 2 aromatic rings. The van der Waals surface area contributed by atoms with Crippen LogP contribution in [-0.4, -0.2) is 23.2 Å². The number of benzene rings is 1. The van der Waals surface area contributed by atoms with Crippen molar-refractivity contribution in [1.29, 1.82) is 0 Å². The molecule has 1 aromatic heterocycles. The molecule has 0 amide bonds. The fraction of sp³-hybridized carbons (Fsp3) is 0.231. The van der Waals surface area contributed by atoms with E-state index in [4.69, 9.17) is 18.0 Å². The first-order valence-electron chi connectivity index (χ1n) is 6.18. The highest BCUT2D eigenvalue weighted by Crippen LogP contribution is 2.12. The van der Waals surface area contributed by atoms with E-state index in [1.807, 2.05) is 14.0 Å². The van der Waals surface area contributed by atoms with Gasteiger partial charge in [-0.15, -0.1) is 0 Å². The van der Waals surface area contributed by atoms with Crippen molar-refractivity contribution in [2.75, 3.05) is 0 Å². The molecule has 0 saturated carbocycles. The van der Waals surface area contributed by atoms with Crippen molar-refractivity contribution in [3.05, 3.63) is 47.3 Å². The number of aromatic nitrogens is 2. The van der Waals surface area contributed by atoms with E-state index in [0.717, 1.165) is 11.3 Å². The Kier molecular flexibility index (Phi) is 4.40. The van der Waals surface area contributed by atoms with Gasteiger partial charge in [0.05, 0.1) is 11.1 Å². The molecule has 112 valence electrons. The molecule has 1 aromatic carbocycles. The van der Waals surface area contributed by atoms with E-state index in [0.29, 0.717) is 5.56 Å². The quantitative estimate of drug-likeness (QED) is 0.796. The minimum atomic E-state index is -3.58. The summed E-state index contributed by atoms with van der Waals surface area (Å²) in [6, 6.07) is 6.14. The van der Waals surface area contributed by atoms with Gasteiger partial charge in [-0.3, -0.25) is 4.68 Å². The second kappa shape index (κ2) is 5.92. The van der Waals surface area contributed by atoms with Crippen LogP contribution in [0.2, 0.25) is 0 Å². The van der Waals surface area contributed by atoms with Crippen LogP contribution in [0.5, 0.6) is 0 Å². The van der Waals surface area contributed by atoms with Gasteiger partial charge in [0.15, 0.2) is 0 Å². The molecule has 21 heavy (non-hydrogen) atoms. The Bertz CT molecular complexity index is 764. The maximum absolute atomic E-state index is 12.2. The van der Waals surface area contributed by atoms with Crippen molar-refractivity contribution >= 4 is 27.2 Å². The van der Waals surface area contributed by atoms with Gasteiger partial charge in [0.2, 0.25) is 10.0 Å². The van der Waals surface area contributed by atoms with Crippen molar-refractivity contribution in [3.63, 3.8) is 0 Å². The van der Waals surface area contributed by atoms with Crippen molar-refractivity contribution in [2.45, 2.75) is 18.4 Å². The molecule has 1 heterocycles. The molecule has 0 aliphatic rings. The number of hydrogen-bond donors (Lipinski definition) is 2. The summed E-state index contributed by atoms with van der Waals surface area (Å²) in [4.78, 5) is 0.405. The average molecular weight is 324 g/mol. The van der Waals surface area contributed by atoms with E-state index >= 15 is 0 Å². The van der Waals surface area contributed by atoms with Crippen molar-refractivity contribution < 1.29 is 8.42 Å².